The van der Waals surface area contributed by atoms with Crippen LogP contribution in [0, 0.1) is 17.7 Å². The Balaban J connectivity index is 1.52. The molecule has 2 fully saturated rings. The Morgan fingerprint density at radius 3 is 2.39 bits per heavy atom. The molecule has 2 aromatic carbocycles. The minimum absolute atomic E-state index is 0.00185. The van der Waals surface area contributed by atoms with Gasteiger partial charge < -0.3 is 20.4 Å². The van der Waals surface area contributed by atoms with Gasteiger partial charge in [0.1, 0.15) is 5.82 Å². The van der Waals surface area contributed by atoms with Crippen molar-refractivity contribution in [1.82, 2.24) is 10.2 Å². The van der Waals surface area contributed by atoms with E-state index in [2.05, 4.69) is 15.5 Å². The van der Waals surface area contributed by atoms with Crippen LogP contribution in [0.15, 0.2) is 42.5 Å². The van der Waals surface area contributed by atoms with Crippen LogP contribution < -0.4 is 15.5 Å². The second kappa shape index (κ2) is 12.9. The van der Waals surface area contributed by atoms with E-state index >= 15 is 0 Å². The van der Waals surface area contributed by atoms with Crippen LogP contribution in [0.2, 0.25) is 0 Å². The van der Waals surface area contributed by atoms with E-state index in [4.69, 9.17) is 0 Å². The molecule has 38 heavy (non-hydrogen) atoms. The van der Waals surface area contributed by atoms with Crippen LogP contribution in [0.3, 0.4) is 0 Å². The number of hydrogen-bond donors (Lipinski definition) is 2. The molecule has 1 saturated heterocycles. The monoisotopic (exact) mass is 522 g/mol. The van der Waals surface area contributed by atoms with Gasteiger partial charge in [-0.15, -0.1) is 0 Å². The Morgan fingerprint density at radius 1 is 0.947 bits per heavy atom. The molecule has 1 aliphatic carbocycles. The molecule has 3 amide bonds. The average Bonchev–Trinajstić information content (AvgIpc) is 3.33. The van der Waals surface area contributed by atoms with Crippen molar-refractivity contribution in [3.05, 3.63) is 59.4 Å². The SMILES string of the molecule is CC(C)CC(=O)N1CCCN(c2ccc(NC(=O)C3CCCC3)cc2C(=O)NCc2ccc(F)cc2)CC1. The number of halogens is 1. The smallest absolute Gasteiger partial charge is 0.253 e. The molecule has 2 aromatic rings. The number of nitrogens with one attached hydrogen (secondary N) is 2. The molecular weight excluding hydrogens is 483 g/mol. The third kappa shape index (κ3) is 7.33. The van der Waals surface area contributed by atoms with Crippen molar-refractivity contribution in [2.24, 2.45) is 11.8 Å². The number of hydrogen-bond acceptors (Lipinski definition) is 4. The number of carbonyl (C=O) groups excluding carboxylic acids is 3. The van der Waals surface area contributed by atoms with Gasteiger partial charge in [-0.2, -0.15) is 0 Å². The summed E-state index contributed by atoms with van der Waals surface area (Å²) in [6, 6.07) is 11.5. The van der Waals surface area contributed by atoms with Crippen LogP contribution in [-0.4, -0.2) is 48.8 Å². The fourth-order valence-corrected chi connectivity index (χ4v) is 5.27. The summed E-state index contributed by atoms with van der Waals surface area (Å²) in [6.07, 6.45) is 5.27. The summed E-state index contributed by atoms with van der Waals surface area (Å²) in [4.78, 5) is 42.9. The number of nitrogens with zero attached hydrogens (tertiary/aromatic N) is 2. The number of anilines is 2. The quantitative estimate of drug-likeness (QED) is 0.513. The summed E-state index contributed by atoms with van der Waals surface area (Å²) in [6.45, 7) is 6.99. The summed E-state index contributed by atoms with van der Waals surface area (Å²) in [7, 11) is 0. The predicted molar refractivity (Wildman–Crippen MR) is 147 cm³/mol. The number of benzene rings is 2. The Kier molecular flexibility index (Phi) is 9.37. The summed E-state index contributed by atoms with van der Waals surface area (Å²) in [5, 5.41) is 5.96. The summed E-state index contributed by atoms with van der Waals surface area (Å²) < 4.78 is 13.3. The van der Waals surface area contributed by atoms with Gasteiger partial charge in [-0.05, 0) is 61.1 Å². The molecule has 2 aliphatic rings. The van der Waals surface area contributed by atoms with Crippen molar-refractivity contribution in [2.45, 2.75) is 58.9 Å². The van der Waals surface area contributed by atoms with Gasteiger partial charge in [-0.25, -0.2) is 4.39 Å². The number of rotatable bonds is 8. The van der Waals surface area contributed by atoms with Crippen LogP contribution in [0.5, 0.6) is 0 Å². The van der Waals surface area contributed by atoms with Crippen LogP contribution in [0.4, 0.5) is 15.8 Å². The first-order chi connectivity index (χ1) is 18.3. The molecule has 1 heterocycles. The van der Waals surface area contributed by atoms with Gasteiger partial charge in [0.25, 0.3) is 5.91 Å². The van der Waals surface area contributed by atoms with E-state index < -0.39 is 0 Å². The topological polar surface area (TPSA) is 81.8 Å². The molecule has 1 saturated carbocycles. The van der Waals surface area contributed by atoms with E-state index in [9.17, 15) is 18.8 Å². The largest absolute Gasteiger partial charge is 0.369 e. The number of carbonyl (C=O) groups is 3. The van der Waals surface area contributed by atoms with Gasteiger partial charge in [0.15, 0.2) is 0 Å². The zero-order valence-electron chi connectivity index (χ0n) is 22.5. The molecule has 204 valence electrons. The van der Waals surface area contributed by atoms with Crippen molar-refractivity contribution in [2.75, 3.05) is 36.4 Å². The van der Waals surface area contributed by atoms with Crippen LogP contribution in [0.25, 0.3) is 0 Å². The van der Waals surface area contributed by atoms with E-state index in [0.29, 0.717) is 43.2 Å². The standard InChI is InChI=1S/C30H39FN4O3/c1-21(2)18-28(36)35-15-5-14-34(16-17-35)27-13-12-25(33-29(37)23-6-3-4-7-23)19-26(27)30(38)32-20-22-8-10-24(31)11-9-22/h8-13,19,21,23H,3-7,14-18,20H2,1-2H3,(H,32,38)(H,33,37). The maximum absolute atomic E-state index is 13.4. The molecular formula is C30H39FN4O3. The first kappa shape index (κ1) is 27.6. The van der Waals surface area contributed by atoms with Crippen molar-refractivity contribution >= 4 is 29.1 Å². The van der Waals surface area contributed by atoms with E-state index in [0.717, 1.165) is 49.9 Å². The lowest BCUT2D eigenvalue weighted by molar-refractivity contribution is -0.131. The van der Waals surface area contributed by atoms with E-state index in [1.165, 1.54) is 12.1 Å². The molecule has 0 aromatic heterocycles. The van der Waals surface area contributed by atoms with E-state index in [-0.39, 0.29) is 36.0 Å². The molecule has 4 rings (SSSR count). The van der Waals surface area contributed by atoms with Crippen molar-refractivity contribution in [3.63, 3.8) is 0 Å². The molecule has 0 spiro atoms. The van der Waals surface area contributed by atoms with Gasteiger partial charge >= 0.3 is 0 Å². The fraction of sp³-hybridized carbons (Fsp3) is 0.500. The van der Waals surface area contributed by atoms with Crippen molar-refractivity contribution in [1.29, 1.82) is 0 Å². The highest BCUT2D eigenvalue weighted by Gasteiger charge is 2.25. The Labute approximate surface area is 224 Å². The minimum atomic E-state index is -0.324. The van der Waals surface area contributed by atoms with Gasteiger partial charge in [-0.3, -0.25) is 14.4 Å². The third-order valence-electron chi connectivity index (χ3n) is 7.37. The van der Waals surface area contributed by atoms with E-state index in [1.54, 1.807) is 18.2 Å². The second-order valence-corrected chi connectivity index (χ2v) is 10.8. The Morgan fingerprint density at radius 2 is 1.68 bits per heavy atom. The van der Waals surface area contributed by atoms with Gasteiger partial charge in [0.2, 0.25) is 11.8 Å². The first-order valence-corrected chi connectivity index (χ1v) is 13.8. The highest BCUT2D eigenvalue weighted by atomic mass is 19.1. The fourth-order valence-electron chi connectivity index (χ4n) is 5.27. The summed E-state index contributed by atoms with van der Waals surface area (Å²) >= 11 is 0. The summed E-state index contributed by atoms with van der Waals surface area (Å²) in [5.41, 5.74) is 2.64. The third-order valence-corrected chi connectivity index (χ3v) is 7.37. The number of amides is 3. The Hall–Kier alpha value is -3.42. The molecule has 1 aliphatic heterocycles. The molecule has 8 heteroatoms. The van der Waals surface area contributed by atoms with Gasteiger partial charge in [0.05, 0.1) is 5.56 Å². The van der Waals surface area contributed by atoms with Gasteiger partial charge in [-0.1, -0.05) is 38.8 Å². The lowest BCUT2D eigenvalue weighted by Gasteiger charge is -2.26. The molecule has 0 atom stereocenters. The summed E-state index contributed by atoms with van der Waals surface area (Å²) in [5.74, 6) is -0.0878. The Bertz CT molecular complexity index is 1130. The van der Waals surface area contributed by atoms with Crippen LogP contribution in [-0.2, 0) is 16.1 Å². The second-order valence-electron chi connectivity index (χ2n) is 10.8. The maximum atomic E-state index is 13.4. The lowest BCUT2D eigenvalue weighted by Crippen LogP contribution is -2.36. The zero-order chi connectivity index (χ0) is 27.1. The van der Waals surface area contributed by atoms with Gasteiger partial charge in [0, 0.05) is 56.4 Å². The van der Waals surface area contributed by atoms with E-state index in [1.807, 2.05) is 30.9 Å². The molecule has 2 N–H and O–H groups in total. The van der Waals surface area contributed by atoms with Crippen molar-refractivity contribution < 1.29 is 18.8 Å². The predicted octanol–water partition coefficient (Wildman–Crippen LogP) is 4.97. The minimum Gasteiger partial charge on any atom is -0.369 e. The normalized spacial score (nSPS) is 16.4. The first-order valence-electron chi connectivity index (χ1n) is 13.8. The lowest BCUT2D eigenvalue weighted by atomic mass is 10.1. The average molecular weight is 523 g/mol. The highest BCUT2D eigenvalue weighted by molar-refractivity contribution is 6.02. The van der Waals surface area contributed by atoms with Crippen LogP contribution >= 0.6 is 0 Å². The molecule has 7 nitrogen and oxygen atoms in total. The molecule has 0 bridgehead atoms. The molecule has 0 radical (unpaired) electrons. The highest BCUT2D eigenvalue weighted by Crippen LogP contribution is 2.29. The van der Waals surface area contributed by atoms with Crippen molar-refractivity contribution in [3.8, 4) is 0 Å². The molecule has 0 unspecified atom stereocenters. The zero-order valence-corrected chi connectivity index (χ0v) is 22.5. The maximum Gasteiger partial charge on any atom is 0.253 e. The van der Waals surface area contributed by atoms with Crippen LogP contribution in [0.1, 0.15) is 68.3 Å².